The molecule has 0 amide bonds. The molecule has 0 aliphatic carbocycles. The molecule has 4 unspecified atom stereocenters. The van der Waals surface area contributed by atoms with Crippen molar-refractivity contribution in [2.45, 2.75) is 60.3 Å². The maximum Gasteiger partial charge on any atom is 0.303 e. The van der Waals surface area contributed by atoms with Gasteiger partial charge in [-0.3, -0.25) is 4.79 Å². The molecule has 0 aromatic carbocycles. The Morgan fingerprint density at radius 3 is 1.79 bits per heavy atom. The van der Waals surface area contributed by atoms with E-state index in [4.69, 9.17) is 5.11 Å². The summed E-state index contributed by atoms with van der Waals surface area (Å²) in [5, 5.41) is 8.82. The zero-order chi connectivity index (χ0) is 18.5. The van der Waals surface area contributed by atoms with E-state index in [9.17, 15) is 4.79 Å². The van der Waals surface area contributed by atoms with E-state index in [1.165, 1.54) is 25.9 Å². The first-order chi connectivity index (χ1) is 11.0. The lowest BCUT2D eigenvalue weighted by atomic mass is 9.71. The molecular weight excluding hydrogens is 300 g/mol. The lowest BCUT2D eigenvalue weighted by Gasteiger charge is -2.43. The second kappa shape index (κ2) is 8.66. The third kappa shape index (κ3) is 5.73. The average Bonchev–Trinajstić information content (AvgIpc) is 2.47. The molecule has 142 valence electrons. The first kappa shape index (κ1) is 21.4. The highest BCUT2D eigenvalue weighted by molar-refractivity contribution is 5.67. The predicted molar refractivity (Wildman–Crippen MR) is 101 cm³/mol. The highest BCUT2D eigenvalue weighted by atomic mass is 16.4. The fourth-order valence-corrected chi connectivity index (χ4v) is 4.26. The van der Waals surface area contributed by atoms with Crippen LogP contribution in [0.2, 0.25) is 0 Å². The summed E-state index contributed by atoms with van der Waals surface area (Å²) in [6.45, 7) is 16.0. The lowest BCUT2D eigenvalue weighted by molar-refractivity contribution is -0.141. The largest absolute Gasteiger partial charge is 0.481 e. The van der Waals surface area contributed by atoms with Crippen LogP contribution in [0, 0.1) is 22.7 Å². The molecular formula is C20H40N2O2. The van der Waals surface area contributed by atoms with E-state index in [1.54, 1.807) is 0 Å². The van der Waals surface area contributed by atoms with Crippen LogP contribution in [-0.2, 0) is 4.79 Å². The Hall–Kier alpha value is -0.610. The molecule has 4 atom stereocenters. The summed E-state index contributed by atoms with van der Waals surface area (Å²) in [6.07, 6.45) is 4.10. The van der Waals surface area contributed by atoms with E-state index in [0.717, 1.165) is 25.4 Å². The molecule has 2 saturated heterocycles. The number of hydrogen-bond donors (Lipinski definition) is 1. The Kier molecular flexibility index (Phi) is 7.74. The van der Waals surface area contributed by atoms with Gasteiger partial charge in [0.1, 0.15) is 0 Å². The third-order valence-electron chi connectivity index (χ3n) is 6.89. The van der Waals surface area contributed by atoms with Crippen molar-refractivity contribution in [2.75, 3.05) is 40.3 Å². The van der Waals surface area contributed by atoms with Crippen molar-refractivity contribution in [3.05, 3.63) is 0 Å². The Balaban J connectivity index is 0.000000243. The van der Waals surface area contributed by atoms with Crippen LogP contribution >= 0.6 is 0 Å². The molecule has 2 rings (SSSR count). The normalized spacial score (nSPS) is 38.3. The van der Waals surface area contributed by atoms with Gasteiger partial charge in [0.25, 0.3) is 0 Å². The van der Waals surface area contributed by atoms with Crippen LogP contribution in [0.1, 0.15) is 60.3 Å². The maximum absolute atomic E-state index is 10.7. The van der Waals surface area contributed by atoms with Crippen LogP contribution in [-0.4, -0.2) is 61.2 Å². The molecule has 4 nitrogen and oxygen atoms in total. The molecule has 2 heterocycles. The van der Waals surface area contributed by atoms with Gasteiger partial charge in [-0.05, 0) is 69.1 Å². The lowest BCUT2D eigenvalue weighted by Crippen LogP contribution is -2.45. The Labute approximate surface area is 149 Å². The van der Waals surface area contributed by atoms with Crippen LogP contribution in [0.4, 0.5) is 0 Å². The number of rotatable bonds is 3. The molecule has 0 spiro atoms. The van der Waals surface area contributed by atoms with E-state index in [0.29, 0.717) is 17.8 Å². The van der Waals surface area contributed by atoms with Crippen molar-refractivity contribution in [2.24, 2.45) is 22.7 Å². The summed E-state index contributed by atoms with van der Waals surface area (Å²) in [7, 11) is 4.30. The number of likely N-dealkylation sites (tertiary alicyclic amines) is 2. The van der Waals surface area contributed by atoms with Gasteiger partial charge in [0.15, 0.2) is 0 Å². The van der Waals surface area contributed by atoms with E-state index < -0.39 is 5.97 Å². The molecule has 0 aromatic rings. The summed E-state index contributed by atoms with van der Waals surface area (Å²) >= 11 is 0. The minimum atomic E-state index is -0.676. The zero-order valence-corrected chi connectivity index (χ0v) is 17.1. The fraction of sp³-hybridized carbons (Fsp3) is 0.950. The second-order valence-corrected chi connectivity index (χ2v) is 9.09. The fourth-order valence-electron chi connectivity index (χ4n) is 4.26. The number of hydrogen-bond acceptors (Lipinski definition) is 3. The van der Waals surface area contributed by atoms with Gasteiger partial charge in [-0.25, -0.2) is 0 Å². The van der Waals surface area contributed by atoms with Crippen LogP contribution in [0.5, 0.6) is 0 Å². The molecule has 0 radical (unpaired) electrons. The van der Waals surface area contributed by atoms with Gasteiger partial charge in [-0.2, -0.15) is 0 Å². The maximum atomic E-state index is 10.7. The van der Waals surface area contributed by atoms with E-state index in [-0.39, 0.29) is 5.41 Å². The highest BCUT2D eigenvalue weighted by Gasteiger charge is 2.37. The quantitative estimate of drug-likeness (QED) is 0.848. The molecule has 4 heteroatoms. The van der Waals surface area contributed by atoms with Gasteiger partial charge in [-0.15, -0.1) is 0 Å². The van der Waals surface area contributed by atoms with Gasteiger partial charge >= 0.3 is 5.97 Å². The monoisotopic (exact) mass is 340 g/mol. The summed E-state index contributed by atoms with van der Waals surface area (Å²) in [5.41, 5.74) is 0.534. The van der Waals surface area contributed by atoms with Gasteiger partial charge in [-0.1, -0.05) is 34.6 Å². The second-order valence-electron chi connectivity index (χ2n) is 9.09. The summed E-state index contributed by atoms with van der Waals surface area (Å²) < 4.78 is 0. The van der Waals surface area contributed by atoms with Gasteiger partial charge in [0.05, 0.1) is 6.42 Å². The molecule has 2 aliphatic heterocycles. The molecule has 1 N–H and O–H groups in total. The molecule has 0 aromatic heterocycles. The van der Waals surface area contributed by atoms with Gasteiger partial charge < -0.3 is 14.9 Å². The highest BCUT2D eigenvalue weighted by Crippen LogP contribution is 2.38. The smallest absolute Gasteiger partial charge is 0.303 e. The summed E-state index contributed by atoms with van der Waals surface area (Å²) in [5.74, 6) is 0.744. The first-order valence-electron chi connectivity index (χ1n) is 9.61. The van der Waals surface area contributed by atoms with Crippen molar-refractivity contribution in [3.63, 3.8) is 0 Å². The zero-order valence-electron chi connectivity index (χ0n) is 17.1. The summed E-state index contributed by atoms with van der Waals surface area (Å²) in [6, 6.07) is 0. The number of aliphatic carboxylic acids is 1. The van der Waals surface area contributed by atoms with Gasteiger partial charge in [0.2, 0.25) is 0 Å². The average molecular weight is 341 g/mol. The number of carboxylic acid groups (broad SMARTS) is 1. The number of carboxylic acids is 1. The standard InChI is InChI=1S/C10H19NO2.C10H21N/c1-8-4-5-11(3)7-10(8,2)6-9(12)13;1-5-10(3)8-11(4)7-6-9(10)2/h8H,4-7H2,1-3H3,(H,12,13);9H,5-8H2,1-4H3. The van der Waals surface area contributed by atoms with Crippen molar-refractivity contribution in [1.29, 1.82) is 0 Å². The van der Waals surface area contributed by atoms with Crippen LogP contribution in [0.25, 0.3) is 0 Å². The summed E-state index contributed by atoms with van der Waals surface area (Å²) in [4.78, 5) is 15.4. The number of nitrogens with zero attached hydrogens (tertiary/aromatic N) is 2. The van der Waals surface area contributed by atoms with Gasteiger partial charge in [0, 0.05) is 13.1 Å². The SMILES string of the molecule is CC1CCN(C)CC1(C)CC(=O)O.CCC1(C)CN(C)CCC1C. The molecule has 2 aliphatic rings. The van der Waals surface area contributed by atoms with E-state index in [1.807, 2.05) is 0 Å². The predicted octanol–water partition coefficient (Wildman–Crippen LogP) is 3.81. The van der Waals surface area contributed by atoms with Crippen molar-refractivity contribution in [1.82, 2.24) is 9.80 Å². The minimum absolute atomic E-state index is 0.0428. The molecule has 2 fully saturated rings. The number of piperidine rings is 2. The van der Waals surface area contributed by atoms with Crippen LogP contribution in [0.3, 0.4) is 0 Å². The van der Waals surface area contributed by atoms with Crippen LogP contribution < -0.4 is 0 Å². The topological polar surface area (TPSA) is 43.8 Å². The Bertz CT molecular complexity index is 414. The van der Waals surface area contributed by atoms with E-state index >= 15 is 0 Å². The Morgan fingerprint density at radius 2 is 1.42 bits per heavy atom. The van der Waals surface area contributed by atoms with Crippen LogP contribution in [0.15, 0.2) is 0 Å². The minimum Gasteiger partial charge on any atom is -0.481 e. The number of carbonyl (C=O) groups is 1. The first-order valence-corrected chi connectivity index (χ1v) is 9.61. The van der Waals surface area contributed by atoms with Crippen molar-refractivity contribution in [3.8, 4) is 0 Å². The van der Waals surface area contributed by atoms with Crippen molar-refractivity contribution < 1.29 is 9.90 Å². The molecule has 0 saturated carbocycles. The van der Waals surface area contributed by atoms with E-state index in [2.05, 4.69) is 58.5 Å². The Morgan fingerprint density at radius 1 is 1.00 bits per heavy atom. The molecule has 24 heavy (non-hydrogen) atoms. The molecule has 0 bridgehead atoms. The third-order valence-corrected chi connectivity index (χ3v) is 6.89. The van der Waals surface area contributed by atoms with Crippen molar-refractivity contribution >= 4 is 5.97 Å².